The minimum atomic E-state index is -1.54. The van der Waals surface area contributed by atoms with Gasteiger partial charge < -0.3 is 39.7 Å². The molecule has 0 bridgehead atoms. The zero-order chi connectivity index (χ0) is 54.3. The molecule has 10 rings (SSSR count). The van der Waals surface area contributed by atoms with E-state index in [1.807, 2.05) is 24.3 Å². The normalized spacial score (nSPS) is 18.5. The van der Waals surface area contributed by atoms with Crippen LogP contribution in [0.1, 0.15) is 79.9 Å². The molecule has 4 aliphatic heterocycles. The predicted octanol–water partition coefficient (Wildman–Crippen LogP) is 10.8. The number of para-hydroxylation sites is 2. The Labute approximate surface area is 449 Å². The monoisotopic (exact) mass is 1080 g/mol. The van der Waals surface area contributed by atoms with E-state index in [0.717, 1.165) is 92.2 Å². The Morgan fingerprint density at radius 1 is 0.675 bits per heavy atom. The highest BCUT2D eigenvalue weighted by atomic mass is 35.5. The standard InChI is InChI=1S/C31H34F3N3O4.C27H30ClFN4O3/c1-40-26-5-3-4-22-23(18-35-29(22)26)20-8-14-37(15-9-20)30(31(39)41-2)21-10-12-36(13-11-21)27(38)7-6-19-16-24(32)28(34)25(33)17-19;28-19-5-6-24(22(29)15-19)31-27(36)33-13-9-18(10-14-33)25(26(34)35)32-11-7-17(8-12-32)21-16-30-23-4-2-1-3-20(21)23/h3-7,16-18,20-21,30,35H,8-15H2,1-2H3;1-6,15-18,25,30H,7-14H2,(H,31,36)(H,34,35)/b7-6+;. The summed E-state index contributed by atoms with van der Waals surface area (Å²) in [5.41, 5.74) is 4.84. The van der Waals surface area contributed by atoms with E-state index < -0.39 is 35.3 Å². The first-order chi connectivity index (χ1) is 37.2. The zero-order valence-electron chi connectivity index (χ0n) is 43.1. The number of carboxylic acids is 1. The lowest BCUT2D eigenvalue weighted by atomic mass is 9.84. The number of urea groups is 1. The molecule has 4 saturated heterocycles. The Balaban J connectivity index is 0.000000189. The number of aromatic amines is 2. The van der Waals surface area contributed by atoms with Crippen molar-refractivity contribution < 1.29 is 51.3 Å². The van der Waals surface area contributed by atoms with Gasteiger partial charge in [-0.3, -0.25) is 24.2 Å². The van der Waals surface area contributed by atoms with E-state index in [-0.39, 0.29) is 52.1 Å². The molecular formula is C58H64ClF4N7O7. The number of H-pyrrole nitrogens is 2. The van der Waals surface area contributed by atoms with E-state index in [9.17, 15) is 41.8 Å². The number of anilines is 1. The Morgan fingerprint density at radius 2 is 1.25 bits per heavy atom. The Kier molecular flexibility index (Phi) is 17.5. The van der Waals surface area contributed by atoms with Crippen molar-refractivity contribution in [2.45, 2.75) is 75.3 Å². The Morgan fingerprint density at radius 3 is 1.86 bits per heavy atom. The highest BCUT2D eigenvalue weighted by molar-refractivity contribution is 6.30. The molecule has 19 heteroatoms. The van der Waals surface area contributed by atoms with Gasteiger partial charge in [-0.25, -0.2) is 22.4 Å². The van der Waals surface area contributed by atoms with Crippen molar-refractivity contribution in [3.05, 3.63) is 136 Å². The average molecular weight is 1080 g/mol. The van der Waals surface area contributed by atoms with E-state index in [0.29, 0.717) is 63.7 Å². The molecule has 2 atom stereocenters. The fourth-order valence-electron chi connectivity index (χ4n) is 12.1. The third-order valence-electron chi connectivity index (χ3n) is 16.1. The maximum atomic E-state index is 14.0. The number of ether oxygens (including phenoxy) is 2. The number of piperidine rings is 4. The summed E-state index contributed by atoms with van der Waals surface area (Å²) in [6.45, 7) is 4.74. The summed E-state index contributed by atoms with van der Waals surface area (Å²) in [4.78, 5) is 64.9. The predicted molar refractivity (Wildman–Crippen MR) is 287 cm³/mol. The number of carboxylic acid groups (broad SMARTS) is 1. The number of nitrogens with zero attached hydrogens (tertiary/aromatic N) is 4. The summed E-state index contributed by atoms with van der Waals surface area (Å²) >= 11 is 5.78. The number of aromatic nitrogens is 2. The molecule has 0 spiro atoms. The molecule has 77 heavy (non-hydrogen) atoms. The minimum Gasteiger partial charge on any atom is -0.495 e. The van der Waals surface area contributed by atoms with Gasteiger partial charge in [0.05, 0.1) is 25.4 Å². The number of benzene rings is 4. The maximum absolute atomic E-state index is 14.0. The van der Waals surface area contributed by atoms with Gasteiger partial charge in [0.2, 0.25) is 5.91 Å². The van der Waals surface area contributed by atoms with Gasteiger partial charge in [-0.05, 0) is 166 Å². The van der Waals surface area contributed by atoms with Gasteiger partial charge in [-0.15, -0.1) is 0 Å². The number of fused-ring (bicyclic) bond motifs is 2. The van der Waals surface area contributed by atoms with Crippen LogP contribution in [0.3, 0.4) is 0 Å². The fraction of sp³-hybridized carbons (Fsp3) is 0.414. The zero-order valence-corrected chi connectivity index (χ0v) is 43.8. The first-order valence-corrected chi connectivity index (χ1v) is 26.7. The summed E-state index contributed by atoms with van der Waals surface area (Å²) in [5.74, 6) is -4.54. The van der Waals surface area contributed by atoms with Crippen molar-refractivity contribution >= 4 is 69.0 Å². The van der Waals surface area contributed by atoms with Gasteiger partial charge in [-0.1, -0.05) is 41.9 Å². The third kappa shape index (κ3) is 12.5. The van der Waals surface area contributed by atoms with Gasteiger partial charge in [0, 0.05) is 66.0 Å². The lowest BCUT2D eigenvalue weighted by Gasteiger charge is -2.42. The first kappa shape index (κ1) is 54.9. The van der Waals surface area contributed by atoms with Crippen LogP contribution < -0.4 is 10.1 Å². The molecule has 4 N–H and O–H groups in total. The lowest BCUT2D eigenvalue weighted by Crippen LogP contribution is -2.52. The van der Waals surface area contributed by atoms with Crippen molar-refractivity contribution in [2.24, 2.45) is 11.8 Å². The second kappa shape index (κ2) is 24.6. The van der Waals surface area contributed by atoms with Gasteiger partial charge in [0.1, 0.15) is 23.7 Å². The Hall–Kier alpha value is -6.89. The second-order valence-corrected chi connectivity index (χ2v) is 20.9. The molecule has 3 amide bonds. The molecular weight excluding hydrogens is 1020 g/mol. The van der Waals surface area contributed by atoms with Crippen molar-refractivity contribution in [2.75, 3.05) is 71.9 Å². The third-order valence-corrected chi connectivity index (χ3v) is 16.4. The fourth-order valence-corrected chi connectivity index (χ4v) is 12.2. The minimum absolute atomic E-state index is 0.0321. The molecule has 2 unspecified atom stereocenters. The van der Waals surface area contributed by atoms with E-state index >= 15 is 0 Å². The quantitative estimate of drug-likeness (QED) is 0.0404. The number of carbonyl (C=O) groups excluding carboxylic acids is 3. The van der Waals surface area contributed by atoms with E-state index in [2.05, 4.69) is 55.7 Å². The van der Waals surface area contributed by atoms with Gasteiger partial charge >= 0.3 is 18.0 Å². The summed E-state index contributed by atoms with van der Waals surface area (Å²) < 4.78 is 64.9. The Bertz CT molecular complexity index is 3080. The molecule has 6 heterocycles. The number of carbonyl (C=O) groups is 4. The molecule has 4 fully saturated rings. The number of nitrogens with one attached hydrogen (secondary N) is 3. The first-order valence-electron chi connectivity index (χ1n) is 26.3. The largest absolute Gasteiger partial charge is 0.495 e. The van der Waals surface area contributed by atoms with Crippen LogP contribution in [-0.2, 0) is 19.1 Å². The maximum Gasteiger partial charge on any atom is 0.323 e. The van der Waals surface area contributed by atoms with Crippen LogP contribution in [0.2, 0.25) is 5.02 Å². The van der Waals surface area contributed by atoms with Crippen LogP contribution in [0.5, 0.6) is 5.75 Å². The lowest BCUT2D eigenvalue weighted by molar-refractivity contribution is -0.151. The molecule has 4 aliphatic rings. The van der Waals surface area contributed by atoms with Crippen molar-refractivity contribution in [3.8, 4) is 5.75 Å². The van der Waals surface area contributed by atoms with Crippen LogP contribution in [0.4, 0.5) is 28.0 Å². The van der Waals surface area contributed by atoms with E-state index in [1.54, 1.807) is 16.9 Å². The summed E-state index contributed by atoms with van der Waals surface area (Å²) in [5, 5.41) is 15.4. The molecule has 408 valence electrons. The molecule has 0 aliphatic carbocycles. The number of likely N-dealkylation sites (tertiary alicyclic amines) is 4. The second-order valence-electron chi connectivity index (χ2n) is 20.5. The van der Waals surface area contributed by atoms with E-state index in [4.69, 9.17) is 21.1 Å². The van der Waals surface area contributed by atoms with E-state index in [1.165, 1.54) is 47.9 Å². The molecule has 0 radical (unpaired) electrons. The van der Waals surface area contributed by atoms with Crippen LogP contribution in [0, 0.1) is 35.1 Å². The number of aliphatic carboxylic acids is 1. The number of methoxy groups -OCH3 is 2. The summed E-state index contributed by atoms with van der Waals surface area (Å²) in [6, 6.07) is 18.8. The van der Waals surface area contributed by atoms with Crippen molar-refractivity contribution in [1.82, 2.24) is 29.6 Å². The van der Waals surface area contributed by atoms with Gasteiger partial charge in [-0.2, -0.15) is 0 Å². The molecule has 4 aromatic carbocycles. The van der Waals surface area contributed by atoms with Crippen molar-refractivity contribution in [3.63, 3.8) is 0 Å². The smallest absolute Gasteiger partial charge is 0.323 e. The van der Waals surface area contributed by atoms with Crippen LogP contribution in [0.25, 0.3) is 27.9 Å². The topological polar surface area (TPSA) is 164 Å². The molecule has 14 nitrogen and oxygen atoms in total. The summed E-state index contributed by atoms with van der Waals surface area (Å²) in [7, 11) is 3.07. The molecule has 0 saturated carbocycles. The van der Waals surface area contributed by atoms with Crippen LogP contribution in [0.15, 0.2) is 91.3 Å². The molecule has 6 aromatic rings. The molecule has 2 aromatic heterocycles. The van der Waals surface area contributed by atoms with Gasteiger partial charge in [0.15, 0.2) is 17.5 Å². The van der Waals surface area contributed by atoms with Gasteiger partial charge in [0.25, 0.3) is 0 Å². The number of hydrogen-bond acceptors (Lipinski definition) is 8. The average Bonchev–Trinajstić information content (AvgIpc) is 4.10. The number of amides is 3. The SMILES string of the molecule is COC(=O)C(C1CCN(C(=O)/C=C/c2cc(F)c(F)c(F)c2)CC1)N1CCC(c2c[nH]c3c(OC)cccc23)CC1.O=C(O)C(C1CCN(C(=O)Nc2ccc(Cl)cc2F)CC1)N1CCC(c2c[nH]c3ccccc23)CC1. The highest BCUT2D eigenvalue weighted by Crippen LogP contribution is 2.39. The number of halogens is 5. The number of esters is 1. The van der Waals surface area contributed by atoms with Crippen molar-refractivity contribution in [1.29, 1.82) is 0 Å². The van der Waals surface area contributed by atoms with Crippen LogP contribution in [-0.4, -0.2) is 137 Å². The number of hydrogen-bond donors (Lipinski definition) is 4. The van der Waals surface area contributed by atoms with Crippen LogP contribution >= 0.6 is 11.6 Å². The highest BCUT2D eigenvalue weighted by Gasteiger charge is 2.41. The summed E-state index contributed by atoms with van der Waals surface area (Å²) in [6.07, 6.45) is 12.7. The number of rotatable bonds is 12.